The molecule has 0 spiro atoms. The molecule has 1 aliphatic heterocycles. The number of rotatable bonds is 6. The highest BCUT2D eigenvalue weighted by Gasteiger charge is 2.21. The van der Waals surface area contributed by atoms with Crippen molar-refractivity contribution in [1.82, 2.24) is 5.32 Å². The van der Waals surface area contributed by atoms with Gasteiger partial charge in [0.2, 0.25) is 10.0 Å². The van der Waals surface area contributed by atoms with E-state index < -0.39 is 10.0 Å². The van der Waals surface area contributed by atoms with Crippen molar-refractivity contribution in [2.24, 2.45) is 11.1 Å². The first-order chi connectivity index (χ1) is 6.99. The highest BCUT2D eigenvalue weighted by molar-refractivity contribution is 7.89. The Labute approximate surface area is 91.4 Å². The van der Waals surface area contributed by atoms with E-state index in [0.29, 0.717) is 24.9 Å². The summed E-state index contributed by atoms with van der Waals surface area (Å²) in [6.45, 7) is 4.45. The Morgan fingerprint density at radius 1 is 1.60 bits per heavy atom. The summed E-state index contributed by atoms with van der Waals surface area (Å²) in [5.74, 6) is 0.605. The molecule has 0 aliphatic carbocycles. The molecule has 0 radical (unpaired) electrons. The smallest absolute Gasteiger partial charge is 0.209 e. The predicted molar refractivity (Wildman–Crippen MR) is 59.0 cm³/mol. The molecule has 0 aromatic heterocycles. The molecule has 3 N–H and O–H groups in total. The molecule has 1 rings (SSSR count). The first-order valence-corrected chi connectivity index (χ1v) is 7.02. The standard InChI is InChI=1S/C9H20N2O3S/c1-8(9-3-5-14-7-9)11-4-2-6-15(10,12)13/h8-9,11H,2-7H2,1H3,(H2,10,12,13). The van der Waals surface area contributed by atoms with Crippen LogP contribution in [0.5, 0.6) is 0 Å². The second-order valence-corrected chi connectivity index (χ2v) is 5.82. The first kappa shape index (κ1) is 12.9. The molecule has 0 saturated carbocycles. The molecule has 0 aromatic rings. The summed E-state index contributed by atoms with van der Waals surface area (Å²) in [6.07, 6.45) is 1.65. The van der Waals surface area contributed by atoms with Crippen molar-refractivity contribution in [2.75, 3.05) is 25.5 Å². The molecule has 2 unspecified atom stereocenters. The molecule has 1 fully saturated rings. The van der Waals surface area contributed by atoms with E-state index in [0.717, 1.165) is 19.6 Å². The fourth-order valence-electron chi connectivity index (χ4n) is 1.72. The van der Waals surface area contributed by atoms with Crippen LogP contribution in [0.2, 0.25) is 0 Å². The Morgan fingerprint density at radius 2 is 2.33 bits per heavy atom. The fourth-order valence-corrected chi connectivity index (χ4v) is 2.26. The van der Waals surface area contributed by atoms with Gasteiger partial charge in [0.1, 0.15) is 0 Å². The van der Waals surface area contributed by atoms with E-state index in [1.807, 2.05) is 0 Å². The van der Waals surface area contributed by atoms with E-state index in [2.05, 4.69) is 12.2 Å². The average Bonchev–Trinajstić information content (AvgIpc) is 2.63. The zero-order valence-corrected chi connectivity index (χ0v) is 9.92. The number of nitrogens with two attached hydrogens (primary N) is 1. The fraction of sp³-hybridized carbons (Fsp3) is 1.00. The number of ether oxygens (including phenoxy) is 1. The number of primary sulfonamides is 1. The van der Waals surface area contributed by atoms with Gasteiger partial charge in [-0.15, -0.1) is 0 Å². The second kappa shape index (κ2) is 5.79. The lowest BCUT2D eigenvalue weighted by atomic mass is 10.0. The van der Waals surface area contributed by atoms with Crippen LogP contribution >= 0.6 is 0 Å². The molecular weight excluding hydrogens is 216 g/mol. The molecule has 1 aliphatic rings. The molecule has 0 bridgehead atoms. The Hall–Kier alpha value is -0.170. The quantitative estimate of drug-likeness (QED) is 0.619. The van der Waals surface area contributed by atoms with Gasteiger partial charge < -0.3 is 10.1 Å². The minimum Gasteiger partial charge on any atom is -0.381 e. The summed E-state index contributed by atoms with van der Waals surface area (Å²) in [4.78, 5) is 0. The van der Waals surface area contributed by atoms with Crippen molar-refractivity contribution in [2.45, 2.75) is 25.8 Å². The Morgan fingerprint density at radius 3 is 2.87 bits per heavy atom. The lowest BCUT2D eigenvalue weighted by Gasteiger charge is -2.18. The van der Waals surface area contributed by atoms with Crippen LogP contribution in [0.25, 0.3) is 0 Å². The summed E-state index contributed by atoms with van der Waals surface area (Å²) in [6, 6.07) is 0.382. The largest absolute Gasteiger partial charge is 0.381 e. The number of sulfonamides is 1. The highest BCUT2D eigenvalue weighted by atomic mass is 32.2. The predicted octanol–water partition coefficient (Wildman–Crippen LogP) is -0.320. The van der Waals surface area contributed by atoms with Crippen molar-refractivity contribution < 1.29 is 13.2 Å². The topological polar surface area (TPSA) is 81.4 Å². The molecule has 90 valence electrons. The lowest BCUT2D eigenvalue weighted by Crippen LogP contribution is -2.35. The molecule has 0 aromatic carbocycles. The van der Waals surface area contributed by atoms with Crippen molar-refractivity contribution in [3.63, 3.8) is 0 Å². The van der Waals surface area contributed by atoms with Gasteiger partial charge in [-0.25, -0.2) is 13.6 Å². The maximum atomic E-state index is 10.7. The molecule has 6 heteroatoms. The maximum absolute atomic E-state index is 10.7. The zero-order valence-electron chi connectivity index (χ0n) is 9.11. The van der Waals surface area contributed by atoms with Gasteiger partial charge in [-0.2, -0.15) is 0 Å². The lowest BCUT2D eigenvalue weighted by molar-refractivity contribution is 0.178. The van der Waals surface area contributed by atoms with Crippen LogP contribution in [-0.4, -0.2) is 40.0 Å². The third kappa shape index (κ3) is 5.46. The van der Waals surface area contributed by atoms with Crippen molar-refractivity contribution in [1.29, 1.82) is 0 Å². The maximum Gasteiger partial charge on any atom is 0.209 e. The van der Waals surface area contributed by atoms with Gasteiger partial charge in [-0.3, -0.25) is 0 Å². The Kier molecular flexibility index (Phi) is 4.98. The van der Waals surface area contributed by atoms with E-state index in [1.54, 1.807) is 0 Å². The van der Waals surface area contributed by atoms with Gasteiger partial charge in [0.25, 0.3) is 0 Å². The van der Waals surface area contributed by atoms with Crippen molar-refractivity contribution in [3.8, 4) is 0 Å². The summed E-state index contributed by atoms with van der Waals surface area (Å²) < 4.78 is 26.6. The van der Waals surface area contributed by atoms with Crippen molar-refractivity contribution in [3.05, 3.63) is 0 Å². The summed E-state index contributed by atoms with van der Waals surface area (Å²) >= 11 is 0. The SMILES string of the molecule is CC(NCCCS(N)(=O)=O)C1CCOC1. The minimum atomic E-state index is -3.31. The van der Waals surface area contributed by atoms with Gasteiger partial charge in [0, 0.05) is 12.6 Å². The number of hydrogen-bond donors (Lipinski definition) is 2. The van der Waals surface area contributed by atoms with Crippen LogP contribution in [0, 0.1) is 5.92 Å². The molecule has 0 amide bonds. The van der Waals surface area contributed by atoms with Gasteiger partial charge in [-0.1, -0.05) is 0 Å². The van der Waals surface area contributed by atoms with Gasteiger partial charge >= 0.3 is 0 Å². The van der Waals surface area contributed by atoms with E-state index in [9.17, 15) is 8.42 Å². The molecule has 5 nitrogen and oxygen atoms in total. The van der Waals surface area contributed by atoms with Gasteiger partial charge in [0.15, 0.2) is 0 Å². The minimum absolute atomic E-state index is 0.0495. The van der Waals surface area contributed by atoms with E-state index in [-0.39, 0.29) is 5.75 Å². The third-order valence-corrected chi connectivity index (χ3v) is 3.60. The monoisotopic (exact) mass is 236 g/mol. The molecule has 1 heterocycles. The molecule has 1 saturated heterocycles. The third-order valence-electron chi connectivity index (χ3n) is 2.74. The van der Waals surface area contributed by atoms with E-state index in [1.165, 1.54) is 0 Å². The summed E-state index contributed by atoms with van der Waals surface area (Å²) in [5, 5.41) is 8.20. The Bertz CT molecular complexity index is 273. The van der Waals surface area contributed by atoms with Gasteiger partial charge in [-0.05, 0) is 32.2 Å². The molecule has 15 heavy (non-hydrogen) atoms. The summed E-state index contributed by atoms with van der Waals surface area (Å²) in [7, 11) is -3.31. The molecular formula is C9H20N2O3S. The van der Waals surface area contributed by atoms with Crippen LogP contribution in [0.3, 0.4) is 0 Å². The zero-order chi connectivity index (χ0) is 11.3. The van der Waals surface area contributed by atoms with Gasteiger partial charge in [0.05, 0.1) is 12.4 Å². The van der Waals surface area contributed by atoms with Crippen LogP contribution in [0.1, 0.15) is 19.8 Å². The van der Waals surface area contributed by atoms with E-state index in [4.69, 9.17) is 9.88 Å². The van der Waals surface area contributed by atoms with Crippen LogP contribution in [0.4, 0.5) is 0 Å². The van der Waals surface area contributed by atoms with E-state index >= 15 is 0 Å². The number of hydrogen-bond acceptors (Lipinski definition) is 4. The number of nitrogens with one attached hydrogen (secondary N) is 1. The normalized spacial score (nSPS) is 24.3. The van der Waals surface area contributed by atoms with Crippen LogP contribution in [-0.2, 0) is 14.8 Å². The average molecular weight is 236 g/mol. The van der Waals surface area contributed by atoms with Crippen molar-refractivity contribution >= 4 is 10.0 Å². The highest BCUT2D eigenvalue weighted by Crippen LogP contribution is 2.16. The van der Waals surface area contributed by atoms with Crippen LogP contribution in [0.15, 0.2) is 0 Å². The first-order valence-electron chi connectivity index (χ1n) is 5.30. The second-order valence-electron chi connectivity index (χ2n) is 4.09. The van der Waals surface area contributed by atoms with Crippen LogP contribution < -0.4 is 10.5 Å². The molecule has 2 atom stereocenters. The Balaban J connectivity index is 2.09. The summed E-state index contributed by atoms with van der Waals surface area (Å²) in [5.41, 5.74) is 0.